The average molecular weight is 225 g/mol. The maximum absolute atomic E-state index is 11.8. The molecule has 0 saturated heterocycles. The number of rotatable bonds is 5. The molecule has 16 heavy (non-hydrogen) atoms. The standard InChI is InChI=1S/C11H19N3O2/c1-4-11(5-2,8-15)13-9-10(16)14(3)7-6-12-9/h6-7,15H,4-5,8H2,1-3H3,(H,12,13). The van der Waals surface area contributed by atoms with E-state index in [9.17, 15) is 9.90 Å². The van der Waals surface area contributed by atoms with E-state index in [0.717, 1.165) is 12.8 Å². The second kappa shape index (κ2) is 5.12. The van der Waals surface area contributed by atoms with Crippen molar-refractivity contribution in [1.29, 1.82) is 0 Å². The third-order valence-corrected chi connectivity index (χ3v) is 3.06. The number of hydrogen-bond donors (Lipinski definition) is 2. The molecule has 0 amide bonds. The van der Waals surface area contributed by atoms with Gasteiger partial charge in [-0.3, -0.25) is 4.79 Å². The van der Waals surface area contributed by atoms with Gasteiger partial charge in [-0.15, -0.1) is 0 Å². The molecule has 0 fully saturated rings. The van der Waals surface area contributed by atoms with E-state index in [1.165, 1.54) is 4.57 Å². The lowest BCUT2D eigenvalue weighted by Gasteiger charge is -2.30. The van der Waals surface area contributed by atoms with Crippen LogP contribution in [0.5, 0.6) is 0 Å². The fourth-order valence-electron chi connectivity index (χ4n) is 1.52. The fraction of sp³-hybridized carbons (Fsp3) is 0.636. The molecule has 0 bridgehead atoms. The van der Waals surface area contributed by atoms with Gasteiger partial charge in [0.05, 0.1) is 12.1 Å². The molecule has 0 aliphatic heterocycles. The molecule has 5 heteroatoms. The molecule has 90 valence electrons. The van der Waals surface area contributed by atoms with Gasteiger partial charge in [0, 0.05) is 19.4 Å². The summed E-state index contributed by atoms with van der Waals surface area (Å²) in [4.78, 5) is 15.8. The Bertz CT molecular complexity index is 388. The highest BCUT2D eigenvalue weighted by atomic mass is 16.3. The van der Waals surface area contributed by atoms with Crippen molar-refractivity contribution < 1.29 is 5.11 Å². The lowest BCUT2D eigenvalue weighted by molar-refractivity contribution is 0.202. The van der Waals surface area contributed by atoms with E-state index in [4.69, 9.17) is 0 Å². The molecular weight excluding hydrogens is 206 g/mol. The quantitative estimate of drug-likeness (QED) is 0.775. The van der Waals surface area contributed by atoms with E-state index < -0.39 is 5.54 Å². The van der Waals surface area contributed by atoms with Crippen LogP contribution >= 0.6 is 0 Å². The Morgan fingerprint density at radius 3 is 2.62 bits per heavy atom. The summed E-state index contributed by atoms with van der Waals surface area (Å²) in [6, 6.07) is 0. The Hall–Kier alpha value is -1.36. The summed E-state index contributed by atoms with van der Waals surface area (Å²) in [5, 5.41) is 12.5. The van der Waals surface area contributed by atoms with Crippen molar-refractivity contribution in [3.05, 3.63) is 22.7 Å². The predicted octanol–water partition coefficient (Wildman–Crippen LogP) is 0.743. The molecule has 0 radical (unpaired) electrons. The van der Waals surface area contributed by atoms with Gasteiger partial charge < -0.3 is 15.0 Å². The average Bonchev–Trinajstić information content (AvgIpc) is 2.32. The highest BCUT2D eigenvalue weighted by molar-refractivity contribution is 5.35. The molecule has 0 atom stereocenters. The lowest BCUT2D eigenvalue weighted by Crippen LogP contribution is -2.43. The van der Waals surface area contributed by atoms with E-state index in [1.54, 1.807) is 19.4 Å². The van der Waals surface area contributed by atoms with Gasteiger partial charge in [0.15, 0.2) is 5.82 Å². The Morgan fingerprint density at radius 2 is 2.12 bits per heavy atom. The topological polar surface area (TPSA) is 67.2 Å². The minimum Gasteiger partial charge on any atom is -0.394 e. The van der Waals surface area contributed by atoms with Crippen LogP contribution in [0.1, 0.15) is 26.7 Å². The van der Waals surface area contributed by atoms with E-state index in [1.807, 2.05) is 13.8 Å². The van der Waals surface area contributed by atoms with E-state index in [-0.39, 0.29) is 12.2 Å². The zero-order valence-corrected chi connectivity index (χ0v) is 10.0. The molecule has 1 aromatic heterocycles. The number of anilines is 1. The van der Waals surface area contributed by atoms with E-state index >= 15 is 0 Å². The molecule has 2 N–H and O–H groups in total. The third kappa shape index (κ3) is 2.41. The molecule has 0 aliphatic rings. The van der Waals surface area contributed by atoms with Crippen molar-refractivity contribution in [2.45, 2.75) is 32.2 Å². The van der Waals surface area contributed by atoms with Crippen molar-refractivity contribution in [2.75, 3.05) is 11.9 Å². The number of aliphatic hydroxyl groups is 1. The minimum atomic E-state index is -0.458. The van der Waals surface area contributed by atoms with E-state index in [0.29, 0.717) is 5.82 Å². The lowest BCUT2D eigenvalue weighted by atomic mass is 9.94. The summed E-state index contributed by atoms with van der Waals surface area (Å²) in [6.45, 7) is 3.93. The summed E-state index contributed by atoms with van der Waals surface area (Å²) < 4.78 is 1.46. The Kier molecular flexibility index (Phi) is 4.06. The molecule has 1 rings (SSSR count). The SMILES string of the molecule is CCC(CC)(CO)Nc1nccn(C)c1=O. The second-order valence-corrected chi connectivity index (χ2v) is 3.96. The van der Waals surface area contributed by atoms with Gasteiger partial charge in [-0.1, -0.05) is 13.8 Å². The highest BCUT2D eigenvalue weighted by Crippen LogP contribution is 2.18. The van der Waals surface area contributed by atoms with Gasteiger partial charge in [0.2, 0.25) is 0 Å². The van der Waals surface area contributed by atoms with Crippen LogP contribution in [-0.4, -0.2) is 26.8 Å². The second-order valence-electron chi connectivity index (χ2n) is 3.96. The van der Waals surface area contributed by atoms with Crippen molar-refractivity contribution in [3.63, 3.8) is 0 Å². The number of aromatic nitrogens is 2. The summed E-state index contributed by atoms with van der Waals surface area (Å²) in [7, 11) is 1.67. The number of nitrogens with one attached hydrogen (secondary N) is 1. The Morgan fingerprint density at radius 1 is 1.50 bits per heavy atom. The van der Waals surface area contributed by atoms with Crippen molar-refractivity contribution >= 4 is 5.82 Å². The predicted molar refractivity (Wildman–Crippen MR) is 63.5 cm³/mol. The van der Waals surface area contributed by atoms with Crippen LogP contribution in [0.25, 0.3) is 0 Å². The molecule has 1 aromatic rings. The normalized spacial score (nSPS) is 11.5. The largest absolute Gasteiger partial charge is 0.394 e. The fourth-order valence-corrected chi connectivity index (χ4v) is 1.52. The monoisotopic (exact) mass is 225 g/mol. The molecule has 0 saturated carbocycles. The first-order chi connectivity index (χ1) is 7.58. The first kappa shape index (κ1) is 12.7. The van der Waals surface area contributed by atoms with Crippen molar-refractivity contribution in [3.8, 4) is 0 Å². The zero-order valence-electron chi connectivity index (χ0n) is 10.0. The van der Waals surface area contributed by atoms with Gasteiger partial charge in [-0.05, 0) is 12.8 Å². The Labute approximate surface area is 95.1 Å². The molecule has 0 aliphatic carbocycles. The maximum Gasteiger partial charge on any atom is 0.293 e. The van der Waals surface area contributed by atoms with Crippen LogP contribution in [0.2, 0.25) is 0 Å². The van der Waals surface area contributed by atoms with Gasteiger partial charge >= 0.3 is 0 Å². The first-order valence-electron chi connectivity index (χ1n) is 5.49. The number of hydrogen-bond acceptors (Lipinski definition) is 4. The van der Waals surface area contributed by atoms with Crippen LogP contribution in [0.4, 0.5) is 5.82 Å². The van der Waals surface area contributed by atoms with Gasteiger partial charge in [0.1, 0.15) is 0 Å². The van der Waals surface area contributed by atoms with Gasteiger partial charge in [0.25, 0.3) is 5.56 Å². The van der Waals surface area contributed by atoms with Crippen LogP contribution in [-0.2, 0) is 7.05 Å². The zero-order chi connectivity index (χ0) is 12.2. The van der Waals surface area contributed by atoms with Gasteiger partial charge in [-0.2, -0.15) is 0 Å². The minimum absolute atomic E-state index is 0.0142. The van der Waals surface area contributed by atoms with Gasteiger partial charge in [-0.25, -0.2) is 4.98 Å². The summed E-state index contributed by atoms with van der Waals surface area (Å²) in [6.07, 6.45) is 4.64. The smallest absolute Gasteiger partial charge is 0.293 e. The summed E-state index contributed by atoms with van der Waals surface area (Å²) in [5.41, 5.74) is -0.636. The Balaban J connectivity index is 3.03. The van der Waals surface area contributed by atoms with E-state index in [2.05, 4.69) is 10.3 Å². The maximum atomic E-state index is 11.8. The molecule has 1 heterocycles. The molecule has 0 aromatic carbocycles. The molecule has 0 spiro atoms. The molecule has 5 nitrogen and oxygen atoms in total. The number of aryl methyl sites for hydroxylation is 1. The summed E-state index contributed by atoms with van der Waals surface area (Å²) in [5.74, 6) is 0.294. The summed E-state index contributed by atoms with van der Waals surface area (Å²) >= 11 is 0. The first-order valence-corrected chi connectivity index (χ1v) is 5.49. The van der Waals surface area contributed by atoms with Crippen molar-refractivity contribution in [2.24, 2.45) is 7.05 Å². The highest BCUT2D eigenvalue weighted by Gasteiger charge is 2.26. The van der Waals surface area contributed by atoms with Crippen LogP contribution < -0.4 is 10.9 Å². The van der Waals surface area contributed by atoms with Crippen LogP contribution in [0.3, 0.4) is 0 Å². The molecule has 0 unspecified atom stereocenters. The van der Waals surface area contributed by atoms with Crippen molar-refractivity contribution in [1.82, 2.24) is 9.55 Å². The molecular formula is C11H19N3O2. The number of aliphatic hydroxyl groups excluding tert-OH is 1. The van der Waals surface area contributed by atoms with Crippen LogP contribution in [0.15, 0.2) is 17.2 Å². The van der Waals surface area contributed by atoms with Crippen LogP contribution in [0, 0.1) is 0 Å². The number of nitrogens with zero attached hydrogens (tertiary/aromatic N) is 2. The third-order valence-electron chi connectivity index (χ3n) is 3.06.